The lowest BCUT2D eigenvalue weighted by atomic mass is 10.5. The molecule has 8 nitrogen and oxygen atoms in total. The molecule has 2 heterocycles. The molecule has 3 N–H and O–H groups in total. The highest BCUT2D eigenvalue weighted by atomic mass is 32.2. The number of nitrogens with two attached hydrogens (primary N) is 1. The SMILES string of the molecule is CCN(CC)c1nc(NN)nc(Sc2ncccn2)n1. The van der Waals surface area contributed by atoms with Gasteiger partial charge in [-0.1, -0.05) is 0 Å². The van der Waals surface area contributed by atoms with Crippen LogP contribution in [0.2, 0.25) is 0 Å². The average Bonchev–Trinajstić information content (AvgIpc) is 2.49. The quantitative estimate of drug-likeness (QED) is 0.457. The molecule has 0 bridgehead atoms. The molecule has 2 rings (SSSR count). The lowest BCUT2D eigenvalue weighted by Gasteiger charge is -2.18. The minimum Gasteiger partial charge on any atom is -0.341 e. The first-order valence-corrected chi connectivity index (χ1v) is 7.01. The van der Waals surface area contributed by atoms with E-state index in [1.807, 2.05) is 18.7 Å². The standard InChI is InChI=1S/C11H16N8S/c1-3-19(4-2)9-15-8(18-12)16-11(17-9)20-10-13-6-5-7-14-10/h5-7H,3-4,12H2,1-2H3,(H,15,16,17,18). The number of nitrogens with one attached hydrogen (secondary N) is 1. The van der Waals surface area contributed by atoms with Gasteiger partial charge in [-0.05, 0) is 31.7 Å². The van der Waals surface area contributed by atoms with Crippen LogP contribution in [0.25, 0.3) is 0 Å². The number of hydrazine groups is 1. The Bertz CT molecular complexity index is 545. The number of anilines is 2. The van der Waals surface area contributed by atoms with Crippen molar-refractivity contribution in [1.29, 1.82) is 0 Å². The van der Waals surface area contributed by atoms with Gasteiger partial charge in [-0.25, -0.2) is 15.8 Å². The van der Waals surface area contributed by atoms with Crippen LogP contribution in [0, 0.1) is 0 Å². The number of hydrogen-bond acceptors (Lipinski definition) is 9. The third-order valence-electron chi connectivity index (χ3n) is 2.50. The Morgan fingerprint density at radius 2 is 1.80 bits per heavy atom. The van der Waals surface area contributed by atoms with Crippen LogP contribution in [0.4, 0.5) is 11.9 Å². The van der Waals surface area contributed by atoms with Crippen LogP contribution >= 0.6 is 11.8 Å². The molecule has 0 radical (unpaired) electrons. The van der Waals surface area contributed by atoms with Gasteiger partial charge in [0.1, 0.15) is 0 Å². The molecule has 0 aliphatic carbocycles. The first-order valence-electron chi connectivity index (χ1n) is 6.19. The first kappa shape index (κ1) is 14.4. The molecule has 0 unspecified atom stereocenters. The summed E-state index contributed by atoms with van der Waals surface area (Å²) in [5, 5.41) is 1.08. The minimum atomic E-state index is 0.320. The molecule has 0 fully saturated rings. The third-order valence-corrected chi connectivity index (χ3v) is 3.26. The largest absolute Gasteiger partial charge is 0.341 e. The Balaban J connectivity index is 2.30. The second kappa shape index (κ2) is 6.96. The van der Waals surface area contributed by atoms with Crippen molar-refractivity contribution in [3.05, 3.63) is 18.5 Å². The van der Waals surface area contributed by atoms with E-state index in [1.165, 1.54) is 11.8 Å². The summed E-state index contributed by atoms with van der Waals surface area (Å²) < 4.78 is 0. The second-order valence-electron chi connectivity index (χ2n) is 3.69. The van der Waals surface area contributed by atoms with Crippen LogP contribution in [0.15, 0.2) is 28.8 Å². The van der Waals surface area contributed by atoms with Gasteiger partial charge in [0.25, 0.3) is 0 Å². The van der Waals surface area contributed by atoms with E-state index in [1.54, 1.807) is 18.5 Å². The van der Waals surface area contributed by atoms with Crippen molar-refractivity contribution in [2.75, 3.05) is 23.4 Å². The summed E-state index contributed by atoms with van der Waals surface area (Å²) >= 11 is 1.26. The van der Waals surface area contributed by atoms with Crippen LogP contribution in [0.1, 0.15) is 13.8 Å². The molecule has 9 heteroatoms. The van der Waals surface area contributed by atoms with Gasteiger partial charge in [0, 0.05) is 25.5 Å². The summed E-state index contributed by atoms with van der Waals surface area (Å²) in [6, 6.07) is 1.76. The Morgan fingerprint density at radius 1 is 1.10 bits per heavy atom. The van der Waals surface area contributed by atoms with Gasteiger partial charge in [0.15, 0.2) is 5.16 Å². The summed E-state index contributed by atoms with van der Waals surface area (Å²) in [5.41, 5.74) is 2.45. The molecule has 2 aromatic heterocycles. The minimum absolute atomic E-state index is 0.320. The molecule has 106 valence electrons. The molecule has 0 amide bonds. The topological polar surface area (TPSA) is 106 Å². The summed E-state index contributed by atoms with van der Waals surface area (Å²) in [4.78, 5) is 23.1. The van der Waals surface area contributed by atoms with Crippen LogP contribution < -0.4 is 16.2 Å². The molecule has 0 aromatic carbocycles. The Labute approximate surface area is 121 Å². The number of nitrogen functional groups attached to an aromatic ring is 1. The van der Waals surface area contributed by atoms with Crippen molar-refractivity contribution >= 4 is 23.7 Å². The third kappa shape index (κ3) is 3.52. The number of nitrogens with zero attached hydrogens (tertiary/aromatic N) is 6. The molecule has 0 saturated heterocycles. The maximum Gasteiger partial charge on any atom is 0.242 e. The molecule has 0 aliphatic heterocycles. The smallest absolute Gasteiger partial charge is 0.242 e. The number of hydrogen-bond donors (Lipinski definition) is 2. The normalized spacial score (nSPS) is 10.3. The van der Waals surface area contributed by atoms with Crippen molar-refractivity contribution in [3.63, 3.8) is 0 Å². The van der Waals surface area contributed by atoms with E-state index in [9.17, 15) is 0 Å². The van der Waals surface area contributed by atoms with Crippen LogP contribution in [-0.2, 0) is 0 Å². The zero-order chi connectivity index (χ0) is 14.4. The molecule has 0 atom stereocenters. The van der Waals surface area contributed by atoms with Gasteiger partial charge in [-0.3, -0.25) is 5.43 Å². The fourth-order valence-electron chi connectivity index (χ4n) is 1.52. The fraction of sp³-hybridized carbons (Fsp3) is 0.364. The highest BCUT2D eigenvalue weighted by Gasteiger charge is 2.12. The highest BCUT2D eigenvalue weighted by Crippen LogP contribution is 2.22. The Morgan fingerprint density at radius 3 is 2.40 bits per heavy atom. The molecular weight excluding hydrogens is 276 g/mol. The fourth-order valence-corrected chi connectivity index (χ4v) is 2.17. The van der Waals surface area contributed by atoms with E-state index in [-0.39, 0.29) is 0 Å². The molecule has 2 aromatic rings. The van der Waals surface area contributed by atoms with E-state index in [0.717, 1.165) is 13.1 Å². The van der Waals surface area contributed by atoms with Crippen molar-refractivity contribution in [2.24, 2.45) is 5.84 Å². The number of rotatable bonds is 6. The van der Waals surface area contributed by atoms with Gasteiger partial charge in [0.05, 0.1) is 0 Å². The molecule has 20 heavy (non-hydrogen) atoms. The maximum absolute atomic E-state index is 5.40. The summed E-state index contributed by atoms with van der Waals surface area (Å²) in [7, 11) is 0. The van der Waals surface area contributed by atoms with Crippen LogP contribution in [-0.4, -0.2) is 38.0 Å². The van der Waals surface area contributed by atoms with E-state index in [2.05, 4.69) is 30.3 Å². The van der Waals surface area contributed by atoms with Gasteiger partial charge < -0.3 is 4.90 Å². The lowest BCUT2D eigenvalue weighted by molar-refractivity contribution is 0.781. The van der Waals surface area contributed by atoms with Gasteiger partial charge >= 0.3 is 0 Å². The zero-order valence-corrected chi connectivity index (χ0v) is 12.1. The van der Waals surface area contributed by atoms with Crippen LogP contribution in [0.5, 0.6) is 0 Å². The molecule has 0 aliphatic rings. The summed E-state index contributed by atoms with van der Waals surface area (Å²) in [6.45, 7) is 5.68. The van der Waals surface area contributed by atoms with E-state index < -0.39 is 0 Å². The predicted molar refractivity (Wildman–Crippen MR) is 77.4 cm³/mol. The highest BCUT2D eigenvalue weighted by molar-refractivity contribution is 7.99. The van der Waals surface area contributed by atoms with Crippen molar-refractivity contribution in [3.8, 4) is 0 Å². The maximum atomic E-state index is 5.40. The Kier molecular flexibility index (Phi) is 5.02. The van der Waals surface area contributed by atoms with Crippen molar-refractivity contribution in [2.45, 2.75) is 24.2 Å². The van der Waals surface area contributed by atoms with Gasteiger partial charge in [0.2, 0.25) is 17.1 Å². The van der Waals surface area contributed by atoms with Crippen LogP contribution in [0.3, 0.4) is 0 Å². The molecule has 0 spiro atoms. The van der Waals surface area contributed by atoms with Crippen molar-refractivity contribution in [1.82, 2.24) is 24.9 Å². The van der Waals surface area contributed by atoms with E-state index >= 15 is 0 Å². The monoisotopic (exact) mass is 292 g/mol. The summed E-state index contributed by atoms with van der Waals surface area (Å²) in [6.07, 6.45) is 3.34. The lowest BCUT2D eigenvalue weighted by Crippen LogP contribution is -2.25. The van der Waals surface area contributed by atoms with E-state index in [0.29, 0.717) is 22.2 Å². The zero-order valence-electron chi connectivity index (χ0n) is 11.3. The first-order chi connectivity index (χ1) is 9.76. The van der Waals surface area contributed by atoms with Crippen molar-refractivity contribution < 1.29 is 0 Å². The van der Waals surface area contributed by atoms with Gasteiger partial charge in [-0.2, -0.15) is 15.0 Å². The van der Waals surface area contributed by atoms with E-state index in [4.69, 9.17) is 5.84 Å². The average molecular weight is 292 g/mol. The molecule has 0 saturated carbocycles. The number of aromatic nitrogens is 5. The second-order valence-corrected chi connectivity index (χ2v) is 4.63. The predicted octanol–water partition coefficient (Wildman–Crippen LogP) is 0.945. The van der Waals surface area contributed by atoms with Gasteiger partial charge in [-0.15, -0.1) is 0 Å². The summed E-state index contributed by atoms with van der Waals surface area (Å²) in [5.74, 6) is 6.30. The Hall–Kier alpha value is -2.00. The molecular formula is C11H16N8S.